The molecule has 2 aliphatic heterocycles. The van der Waals surface area contributed by atoms with Crippen molar-refractivity contribution in [2.45, 2.75) is 32.0 Å². The number of carbonyl (C=O) groups excluding carboxylic acids is 4. The SMILES string of the molecule is O=C1CCC(N2Cc3cc(CNC(=O)c4cnc5ccccc5n4)ccc3C2=O)C(=O)N1. The van der Waals surface area contributed by atoms with Crippen molar-refractivity contribution in [2.75, 3.05) is 0 Å². The van der Waals surface area contributed by atoms with Gasteiger partial charge in [0.05, 0.1) is 17.2 Å². The number of benzene rings is 2. The first kappa shape index (κ1) is 19.8. The largest absolute Gasteiger partial charge is 0.347 e. The fourth-order valence-electron chi connectivity index (χ4n) is 4.08. The second kappa shape index (κ2) is 7.84. The predicted molar refractivity (Wildman–Crippen MR) is 113 cm³/mol. The first-order valence-electron chi connectivity index (χ1n) is 10.3. The third kappa shape index (κ3) is 3.58. The van der Waals surface area contributed by atoms with Gasteiger partial charge in [-0.2, -0.15) is 0 Å². The standard InChI is InChI=1S/C23H19N5O4/c29-20-8-7-19(22(31)27-20)28-12-14-9-13(5-6-15(14)23(28)32)10-25-21(30)18-11-24-16-3-1-2-4-17(16)26-18/h1-6,9,11,19H,7-8,10,12H2,(H,25,30)(H,27,29,31). The van der Waals surface area contributed by atoms with Crippen molar-refractivity contribution in [1.29, 1.82) is 0 Å². The lowest BCUT2D eigenvalue weighted by Gasteiger charge is -2.29. The molecule has 160 valence electrons. The lowest BCUT2D eigenvalue weighted by atomic mass is 10.0. The van der Waals surface area contributed by atoms with Crippen molar-refractivity contribution in [1.82, 2.24) is 25.5 Å². The summed E-state index contributed by atoms with van der Waals surface area (Å²) in [6.07, 6.45) is 1.97. The van der Waals surface area contributed by atoms with Crippen LogP contribution < -0.4 is 10.6 Å². The Morgan fingerprint density at radius 2 is 1.94 bits per heavy atom. The van der Waals surface area contributed by atoms with Crippen molar-refractivity contribution >= 4 is 34.7 Å². The van der Waals surface area contributed by atoms with Crippen LogP contribution in [0.25, 0.3) is 11.0 Å². The number of hydrogen-bond donors (Lipinski definition) is 2. The van der Waals surface area contributed by atoms with E-state index in [-0.39, 0.29) is 36.4 Å². The zero-order valence-corrected chi connectivity index (χ0v) is 17.0. The average Bonchev–Trinajstić information content (AvgIpc) is 3.12. The number of fused-ring (bicyclic) bond motifs is 2. The summed E-state index contributed by atoms with van der Waals surface area (Å²) in [6, 6.07) is 12.0. The molecular formula is C23H19N5O4. The van der Waals surface area contributed by atoms with Gasteiger partial charge in [-0.25, -0.2) is 4.98 Å². The monoisotopic (exact) mass is 429 g/mol. The number of imide groups is 1. The van der Waals surface area contributed by atoms with E-state index in [9.17, 15) is 19.2 Å². The predicted octanol–water partition coefficient (Wildman–Crippen LogP) is 1.32. The van der Waals surface area contributed by atoms with Gasteiger partial charge in [0.15, 0.2) is 0 Å². The van der Waals surface area contributed by atoms with Crippen molar-refractivity contribution in [2.24, 2.45) is 0 Å². The fourth-order valence-corrected chi connectivity index (χ4v) is 4.08. The van der Waals surface area contributed by atoms with Crippen LogP contribution in [0.2, 0.25) is 0 Å². The molecule has 1 unspecified atom stereocenters. The third-order valence-corrected chi connectivity index (χ3v) is 5.72. The molecular weight excluding hydrogens is 410 g/mol. The maximum Gasteiger partial charge on any atom is 0.271 e. The molecule has 0 radical (unpaired) electrons. The zero-order valence-electron chi connectivity index (χ0n) is 17.0. The number of hydrogen-bond acceptors (Lipinski definition) is 6. The van der Waals surface area contributed by atoms with Gasteiger partial charge in [-0.05, 0) is 35.7 Å². The number of piperidine rings is 1. The summed E-state index contributed by atoms with van der Waals surface area (Å²) in [4.78, 5) is 58.9. The number of para-hydroxylation sites is 2. The van der Waals surface area contributed by atoms with Crippen molar-refractivity contribution in [3.05, 3.63) is 71.0 Å². The molecule has 2 aliphatic rings. The normalized spacial score (nSPS) is 17.9. The average molecular weight is 429 g/mol. The van der Waals surface area contributed by atoms with E-state index in [0.717, 1.165) is 11.1 Å². The van der Waals surface area contributed by atoms with Crippen molar-refractivity contribution < 1.29 is 19.2 Å². The van der Waals surface area contributed by atoms with Gasteiger partial charge in [0.25, 0.3) is 11.8 Å². The van der Waals surface area contributed by atoms with Crippen LogP contribution >= 0.6 is 0 Å². The highest BCUT2D eigenvalue weighted by Crippen LogP contribution is 2.28. The quantitative estimate of drug-likeness (QED) is 0.604. The third-order valence-electron chi connectivity index (χ3n) is 5.72. The van der Waals surface area contributed by atoms with Gasteiger partial charge in [0.1, 0.15) is 11.7 Å². The van der Waals surface area contributed by atoms with Crippen LogP contribution in [0.15, 0.2) is 48.7 Å². The summed E-state index contributed by atoms with van der Waals surface area (Å²) in [5.74, 6) is -1.32. The van der Waals surface area contributed by atoms with Gasteiger partial charge in [-0.1, -0.05) is 24.3 Å². The molecule has 9 nitrogen and oxygen atoms in total. The van der Waals surface area contributed by atoms with Gasteiger partial charge in [0, 0.05) is 25.1 Å². The number of nitrogens with zero attached hydrogens (tertiary/aromatic N) is 3. The number of carbonyl (C=O) groups is 4. The van der Waals surface area contributed by atoms with Gasteiger partial charge < -0.3 is 10.2 Å². The maximum absolute atomic E-state index is 12.8. The van der Waals surface area contributed by atoms with E-state index < -0.39 is 11.9 Å². The summed E-state index contributed by atoms with van der Waals surface area (Å²) in [5, 5.41) is 5.12. The molecule has 5 rings (SSSR count). The van der Waals surface area contributed by atoms with Crippen LogP contribution in [0, 0.1) is 0 Å². The minimum Gasteiger partial charge on any atom is -0.347 e. The highest BCUT2D eigenvalue weighted by molar-refractivity contribution is 6.05. The van der Waals surface area contributed by atoms with E-state index in [1.807, 2.05) is 24.3 Å². The van der Waals surface area contributed by atoms with E-state index in [1.165, 1.54) is 11.1 Å². The summed E-state index contributed by atoms with van der Waals surface area (Å²) >= 11 is 0. The highest BCUT2D eigenvalue weighted by Gasteiger charge is 2.39. The lowest BCUT2D eigenvalue weighted by Crippen LogP contribution is -2.52. The Morgan fingerprint density at radius 1 is 1.12 bits per heavy atom. The van der Waals surface area contributed by atoms with E-state index in [4.69, 9.17) is 0 Å². The number of nitrogens with one attached hydrogen (secondary N) is 2. The molecule has 2 aromatic carbocycles. The molecule has 9 heteroatoms. The number of aromatic nitrogens is 2. The second-order valence-corrected chi connectivity index (χ2v) is 7.82. The lowest BCUT2D eigenvalue weighted by molar-refractivity contribution is -0.136. The van der Waals surface area contributed by atoms with E-state index in [0.29, 0.717) is 29.6 Å². The molecule has 1 aromatic heterocycles. The summed E-state index contributed by atoms with van der Waals surface area (Å²) in [7, 11) is 0. The van der Waals surface area contributed by atoms with Gasteiger partial charge in [-0.3, -0.25) is 29.5 Å². The summed E-state index contributed by atoms with van der Waals surface area (Å²) in [5.41, 5.74) is 3.73. The molecule has 4 amide bonds. The minimum absolute atomic E-state index is 0.214. The van der Waals surface area contributed by atoms with Crippen LogP contribution in [-0.4, -0.2) is 44.5 Å². The maximum atomic E-state index is 12.8. The van der Waals surface area contributed by atoms with Crippen LogP contribution in [0.3, 0.4) is 0 Å². The van der Waals surface area contributed by atoms with Gasteiger partial charge >= 0.3 is 0 Å². The van der Waals surface area contributed by atoms with Gasteiger partial charge in [0.2, 0.25) is 11.8 Å². The van der Waals surface area contributed by atoms with E-state index in [1.54, 1.807) is 18.2 Å². The molecule has 1 fully saturated rings. The molecule has 1 saturated heterocycles. The second-order valence-electron chi connectivity index (χ2n) is 7.82. The Labute approximate surface area is 182 Å². The van der Waals surface area contributed by atoms with Crippen LogP contribution in [0.1, 0.15) is 44.8 Å². The van der Waals surface area contributed by atoms with Crippen LogP contribution in [0.4, 0.5) is 0 Å². The van der Waals surface area contributed by atoms with E-state index in [2.05, 4.69) is 20.6 Å². The Balaban J connectivity index is 1.27. The first-order chi connectivity index (χ1) is 15.5. The minimum atomic E-state index is -0.651. The number of rotatable bonds is 4. The summed E-state index contributed by atoms with van der Waals surface area (Å²) in [6.45, 7) is 0.547. The van der Waals surface area contributed by atoms with Crippen molar-refractivity contribution in [3.63, 3.8) is 0 Å². The highest BCUT2D eigenvalue weighted by atomic mass is 16.2. The first-order valence-corrected chi connectivity index (χ1v) is 10.3. The molecule has 32 heavy (non-hydrogen) atoms. The molecule has 0 spiro atoms. The molecule has 2 N–H and O–H groups in total. The molecule has 0 bridgehead atoms. The molecule has 1 atom stereocenters. The Hall–Kier alpha value is -4.14. The van der Waals surface area contributed by atoms with Gasteiger partial charge in [-0.15, -0.1) is 0 Å². The van der Waals surface area contributed by atoms with E-state index >= 15 is 0 Å². The zero-order chi connectivity index (χ0) is 22.2. The Bertz CT molecular complexity index is 1290. The Morgan fingerprint density at radius 3 is 2.75 bits per heavy atom. The molecule has 0 saturated carbocycles. The number of amides is 4. The molecule has 3 heterocycles. The molecule has 3 aromatic rings. The van der Waals surface area contributed by atoms with Crippen LogP contribution in [0.5, 0.6) is 0 Å². The Kier molecular flexibility index (Phi) is 4.85. The van der Waals surface area contributed by atoms with Crippen molar-refractivity contribution in [3.8, 4) is 0 Å². The molecule has 0 aliphatic carbocycles. The van der Waals surface area contributed by atoms with Crippen LogP contribution in [-0.2, 0) is 22.7 Å². The fraction of sp³-hybridized carbons (Fsp3) is 0.217. The smallest absolute Gasteiger partial charge is 0.271 e. The summed E-state index contributed by atoms with van der Waals surface area (Å²) < 4.78 is 0. The topological polar surface area (TPSA) is 121 Å².